The van der Waals surface area contributed by atoms with Crippen LogP contribution in [-0.2, 0) is 25.3 Å². The number of esters is 1. The van der Waals surface area contributed by atoms with Crippen molar-refractivity contribution in [3.8, 4) is 5.75 Å². The number of anilines is 2. The minimum atomic E-state index is -4.73. The highest BCUT2D eigenvalue weighted by atomic mass is 31.2. The summed E-state index contributed by atoms with van der Waals surface area (Å²) in [7, 11) is -4.73. The number of phosphoric acid groups is 1. The zero-order chi connectivity index (χ0) is 34.4. The van der Waals surface area contributed by atoms with Crippen LogP contribution in [0.5, 0.6) is 5.75 Å². The normalized spacial score (nSPS) is 12.7. The standard InChI is InChI=1S/C31H33N6O10P/c1-3-12-32-29(39)22-15-26-28(33-17-34-36(26)16-22)37(25-14-21(7-4-19(25)2)30(40)35-23-8-9-23)31(41)46-18-45-27(38)13-20-5-10-24(11-6-20)47-48(42,43)44/h4-7,10-11,14-17,23H,3,8-9,12-13,18H2,1-2H3,(H,32,39)(H,35,40)(H2,42,43,44). The lowest BCUT2D eigenvalue weighted by molar-refractivity contribution is -0.150. The molecule has 2 aromatic carbocycles. The van der Waals surface area contributed by atoms with E-state index < -0.39 is 26.7 Å². The first-order valence-corrected chi connectivity index (χ1v) is 16.4. The number of aromatic nitrogens is 3. The molecule has 252 valence electrons. The van der Waals surface area contributed by atoms with Crippen molar-refractivity contribution in [2.75, 3.05) is 18.2 Å². The molecule has 0 saturated heterocycles. The molecule has 1 fully saturated rings. The molecule has 0 atom stereocenters. The number of hydrogen-bond donors (Lipinski definition) is 4. The molecule has 0 spiro atoms. The van der Waals surface area contributed by atoms with Crippen molar-refractivity contribution >= 4 is 48.7 Å². The lowest BCUT2D eigenvalue weighted by atomic mass is 10.1. The second-order valence-corrected chi connectivity index (χ2v) is 12.1. The van der Waals surface area contributed by atoms with Crippen molar-refractivity contribution in [3.63, 3.8) is 0 Å². The SMILES string of the molecule is CCCNC(=O)c1cc2c(N(C(=O)OCOC(=O)Cc3ccc(OP(=O)(O)O)cc3)c3cc(C(=O)NC4CC4)ccc3C)ncnn2c1. The number of nitrogens with zero attached hydrogens (tertiary/aromatic N) is 4. The number of carbonyl (C=O) groups excluding carboxylic acids is 4. The molecule has 2 heterocycles. The highest BCUT2D eigenvalue weighted by molar-refractivity contribution is 7.46. The molecule has 1 aliphatic carbocycles. The summed E-state index contributed by atoms with van der Waals surface area (Å²) in [6, 6.07) is 11.9. The second kappa shape index (κ2) is 14.6. The average Bonchev–Trinajstić information content (AvgIpc) is 3.74. The van der Waals surface area contributed by atoms with Gasteiger partial charge in [-0.3, -0.25) is 24.2 Å². The number of amides is 3. The van der Waals surface area contributed by atoms with Gasteiger partial charge in [0.05, 0.1) is 17.7 Å². The fraction of sp³-hybridized carbons (Fsp3) is 0.290. The van der Waals surface area contributed by atoms with Crippen LogP contribution >= 0.6 is 7.82 Å². The minimum absolute atomic E-state index is 0.0383. The van der Waals surface area contributed by atoms with Gasteiger partial charge >= 0.3 is 19.9 Å². The van der Waals surface area contributed by atoms with E-state index in [1.54, 1.807) is 19.1 Å². The molecule has 3 amide bonds. The predicted molar refractivity (Wildman–Crippen MR) is 170 cm³/mol. The van der Waals surface area contributed by atoms with Gasteiger partial charge in [-0.15, -0.1) is 0 Å². The highest BCUT2D eigenvalue weighted by Gasteiger charge is 2.29. The molecule has 2 aromatic heterocycles. The molecule has 0 radical (unpaired) electrons. The van der Waals surface area contributed by atoms with E-state index in [-0.39, 0.29) is 52.6 Å². The van der Waals surface area contributed by atoms with Crippen LogP contribution in [0.25, 0.3) is 5.52 Å². The van der Waals surface area contributed by atoms with Crippen molar-refractivity contribution in [2.24, 2.45) is 0 Å². The number of hydrogen-bond acceptors (Lipinski definition) is 10. The van der Waals surface area contributed by atoms with Gasteiger partial charge in [0.25, 0.3) is 11.8 Å². The fourth-order valence-corrected chi connectivity index (χ4v) is 4.97. The Bertz CT molecular complexity index is 1890. The number of carbonyl (C=O) groups is 4. The molecule has 0 aliphatic heterocycles. The van der Waals surface area contributed by atoms with Crippen LogP contribution in [0.4, 0.5) is 16.3 Å². The molecule has 4 N–H and O–H groups in total. The Morgan fingerprint density at radius 1 is 1.02 bits per heavy atom. The maximum Gasteiger partial charge on any atom is 0.524 e. The molecule has 0 unspecified atom stereocenters. The summed E-state index contributed by atoms with van der Waals surface area (Å²) in [6.07, 6.45) is 3.97. The molecule has 1 aliphatic rings. The van der Waals surface area contributed by atoms with Crippen molar-refractivity contribution in [1.82, 2.24) is 25.2 Å². The van der Waals surface area contributed by atoms with Gasteiger partial charge in [0.15, 0.2) is 5.82 Å². The Labute approximate surface area is 274 Å². The number of fused-ring (bicyclic) bond motifs is 1. The van der Waals surface area contributed by atoms with Crippen molar-refractivity contribution in [2.45, 2.75) is 45.6 Å². The second-order valence-electron chi connectivity index (χ2n) is 10.9. The van der Waals surface area contributed by atoms with Crippen molar-refractivity contribution in [3.05, 3.63) is 83.3 Å². The van der Waals surface area contributed by atoms with Gasteiger partial charge in [0.1, 0.15) is 17.6 Å². The van der Waals surface area contributed by atoms with E-state index in [1.165, 1.54) is 53.4 Å². The minimum Gasteiger partial charge on any atom is -0.428 e. The maximum atomic E-state index is 13.8. The molecule has 1 saturated carbocycles. The summed E-state index contributed by atoms with van der Waals surface area (Å²) in [5.74, 6) is -1.46. The zero-order valence-corrected chi connectivity index (χ0v) is 26.9. The third kappa shape index (κ3) is 8.73. The predicted octanol–water partition coefficient (Wildman–Crippen LogP) is 3.56. The van der Waals surface area contributed by atoms with Crippen molar-refractivity contribution in [1.29, 1.82) is 0 Å². The van der Waals surface area contributed by atoms with Crippen LogP contribution in [0.2, 0.25) is 0 Å². The summed E-state index contributed by atoms with van der Waals surface area (Å²) in [5.41, 5.74) is 2.14. The summed E-state index contributed by atoms with van der Waals surface area (Å²) < 4.78 is 27.4. The Morgan fingerprint density at radius 2 is 1.77 bits per heavy atom. The third-order valence-corrected chi connectivity index (χ3v) is 7.55. The largest absolute Gasteiger partial charge is 0.524 e. The van der Waals surface area contributed by atoms with Gasteiger partial charge in [-0.05, 0) is 67.6 Å². The van der Waals surface area contributed by atoms with Crippen LogP contribution < -0.4 is 20.1 Å². The first kappa shape index (κ1) is 34.0. The quantitative estimate of drug-likeness (QED) is 0.0907. The molecule has 0 bridgehead atoms. The Hall–Kier alpha value is -5.31. The molecule has 5 rings (SSSR count). The van der Waals surface area contributed by atoms with E-state index in [4.69, 9.17) is 19.3 Å². The summed E-state index contributed by atoms with van der Waals surface area (Å²) in [5, 5.41) is 9.90. The zero-order valence-electron chi connectivity index (χ0n) is 26.0. The van der Waals surface area contributed by atoms with Gasteiger partial charge in [0.2, 0.25) is 6.79 Å². The van der Waals surface area contributed by atoms with Gasteiger partial charge in [-0.25, -0.2) is 23.8 Å². The number of phosphoric ester groups is 1. The Kier molecular flexibility index (Phi) is 10.4. The smallest absolute Gasteiger partial charge is 0.428 e. The van der Waals surface area contributed by atoms with Crippen LogP contribution in [0.1, 0.15) is 58.0 Å². The third-order valence-electron chi connectivity index (χ3n) is 7.10. The average molecular weight is 681 g/mol. The van der Waals surface area contributed by atoms with Gasteiger partial charge in [-0.1, -0.05) is 25.1 Å². The van der Waals surface area contributed by atoms with E-state index in [0.29, 0.717) is 23.2 Å². The van der Waals surface area contributed by atoms with Gasteiger partial charge < -0.3 is 24.6 Å². The van der Waals surface area contributed by atoms with E-state index >= 15 is 0 Å². The molecule has 48 heavy (non-hydrogen) atoms. The maximum absolute atomic E-state index is 13.8. The lowest BCUT2D eigenvalue weighted by Crippen LogP contribution is -2.31. The Balaban J connectivity index is 1.38. The van der Waals surface area contributed by atoms with Crippen molar-refractivity contribution < 1.29 is 47.5 Å². The van der Waals surface area contributed by atoms with Crippen LogP contribution in [-0.4, -0.2) is 67.6 Å². The summed E-state index contributed by atoms with van der Waals surface area (Å²) in [4.78, 5) is 75.2. The highest BCUT2D eigenvalue weighted by Crippen LogP contribution is 2.37. The molecule has 17 heteroatoms. The van der Waals surface area contributed by atoms with Crippen LogP contribution in [0.3, 0.4) is 0 Å². The first-order chi connectivity index (χ1) is 22.9. The topological polar surface area (TPSA) is 211 Å². The lowest BCUT2D eigenvalue weighted by Gasteiger charge is -2.24. The van der Waals surface area contributed by atoms with E-state index in [0.717, 1.165) is 24.2 Å². The number of nitrogens with one attached hydrogen (secondary N) is 2. The van der Waals surface area contributed by atoms with Gasteiger partial charge in [-0.2, -0.15) is 5.10 Å². The Morgan fingerprint density at radius 3 is 2.46 bits per heavy atom. The number of ether oxygens (including phenoxy) is 2. The summed E-state index contributed by atoms with van der Waals surface area (Å²) in [6.45, 7) is 3.34. The number of rotatable bonds is 13. The molecule has 4 aromatic rings. The molecular weight excluding hydrogens is 647 g/mol. The molecule has 16 nitrogen and oxygen atoms in total. The van der Waals surface area contributed by atoms with E-state index in [2.05, 4.69) is 25.2 Å². The molecular formula is C31H33N6O10P. The van der Waals surface area contributed by atoms with E-state index in [9.17, 15) is 23.7 Å². The number of benzene rings is 2. The van der Waals surface area contributed by atoms with E-state index in [1.807, 2.05) is 6.92 Å². The first-order valence-electron chi connectivity index (χ1n) is 14.9. The number of aryl methyl sites for hydroxylation is 1. The van der Waals surface area contributed by atoms with Crippen LogP contribution in [0, 0.1) is 6.92 Å². The van der Waals surface area contributed by atoms with Crippen LogP contribution in [0.15, 0.2) is 61.1 Å². The monoisotopic (exact) mass is 680 g/mol. The fourth-order valence-electron chi connectivity index (χ4n) is 4.57. The van der Waals surface area contributed by atoms with Gasteiger partial charge in [0, 0.05) is 24.3 Å². The summed E-state index contributed by atoms with van der Waals surface area (Å²) >= 11 is 0.